The lowest BCUT2D eigenvalue weighted by molar-refractivity contribution is -0.120. The highest BCUT2D eigenvalue weighted by molar-refractivity contribution is 7.89. The molecule has 2 aromatic rings. The van der Waals surface area contributed by atoms with Gasteiger partial charge in [-0.1, -0.05) is 17.7 Å². The molecule has 1 amide bonds. The van der Waals surface area contributed by atoms with E-state index >= 15 is 0 Å². The van der Waals surface area contributed by atoms with E-state index in [1.165, 1.54) is 16.4 Å². The number of hydrogen-bond donors (Lipinski definition) is 1. The number of nitrogens with zero attached hydrogens (tertiary/aromatic N) is 1. The minimum Gasteiger partial charge on any atom is -0.326 e. The van der Waals surface area contributed by atoms with Gasteiger partial charge in [-0.3, -0.25) is 4.79 Å². The minimum absolute atomic E-state index is 0.143. The van der Waals surface area contributed by atoms with Crippen molar-refractivity contribution in [2.24, 2.45) is 5.92 Å². The van der Waals surface area contributed by atoms with Gasteiger partial charge in [0.05, 0.1) is 10.8 Å². The predicted molar refractivity (Wildman–Crippen MR) is 107 cm³/mol. The van der Waals surface area contributed by atoms with Crippen LogP contribution in [0.2, 0.25) is 5.02 Å². The highest BCUT2D eigenvalue weighted by Crippen LogP contribution is 2.26. The fourth-order valence-electron chi connectivity index (χ4n) is 3.42. The molecule has 0 unspecified atom stereocenters. The van der Waals surface area contributed by atoms with E-state index < -0.39 is 10.0 Å². The predicted octanol–water partition coefficient (Wildman–Crippen LogP) is 4.00. The molecule has 2 aromatic carbocycles. The van der Waals surface area contributed by atoms with Crippen molar-refractivity contribution in [1.82, 2.24) is 4.31 Å². The lowest BCUT2D eigenvalue weighted by Gasteiger charge is -2.31. The summed E-state index contributed by atoms with van der Waals surface area (Å²) in [6.45, 7) is 4.55. The van der Waals surface area contributed by atoms with Crippen molar-refractivity contribution in [2.45, 2.75) is 31.6 Å². The molecule has 1 fully saturated rings. The second-order valence-electron chi connectivity index (χ2n) is 7.02. The Labute approximate surface area is 165 Å². The minimum atomic E-state index is -3.64. The van der Waals surface area contributed by atoms with Gasteiger partial charge < -0.3 is 5.32 Å². The van der Waals surface area contributed by atoms with Crippen LogP contribution in [-0.2, 0) is 14.8 Å². The van der Waals surface area contributed by atoms with Crippen molar-refractivity contribution >= 4 is 33.2 Å². The summed E-state index contributed by atoms with van der Waals surface area (Å²) in [5.74, 6) is -0.516. The molecule has 0 radical (unpaired) electrons. The van der Waals surface area contributed by atoms with Crippen LogP contribution >= 0.6 is 11.6 Å². The van der Waals surface area contributed by atoms with Gasteiger partial charge in [-0.2, -0.15) is 4.31 Å². The molecule has 1 atom stereocenters. The van der Waals surface area contributed by atoms with Crippen LogP contribution in [-0.4, -0.2) is 31.7 Å². The monoisotopic (exact) mass is 406 g/mol. The Morgan fingerprint density at radius 1 is 1.11 bits per heavy atom. The third kappa shape index (κ3) is 4.69. The zero-order valence-corrected chi connectivity index (χ0v) is 17.0. The van der Waals surface area contributed by atoms with Gasteiger partial charge >= 0.3 is 0 Å². The van der Waals surface area contributed by atoms with Crippen LogP contribution < -0.4 is 5.32 Å². The van der Waals surface area contributed by atoms with Crippen LogP contribution in [0.25, 0.3) is 0 Å². The first-order chi connectivity index (χ1) is 12.8. The number of rotatable bonds is 4. The molecule has 3 rings (SSSR count). The third-order valence-electron chi connectivity index (χ3n) is 4.70. The molecule has 1 aliphatic rings. The maximum Gasteiger partial charge on any atom is 0.243 e. The molecule has 144 valence electrons. The topological polar surface area (TPSA) is 66.5 Å². The first kappa shape index (κ1) is 19.9. The molecule has 7 heteroatoms. The average molecular weight is 407 g/mol. The number of carbonyl (C=O) groups is 1. The lowest BCUT2D eigenvalue weighted by Crippen LogP contribution is -2.43. The molecule has 1 aliphatic heterocycles. The van der Waals surface area contributed by atoms with Crippen LogP contribution in [0.4, 0.5) is 5.69 Å². The third-order valence-corrected chi connectivity index (χ3v) is 6.83. The maximum atomic E-state index is 12.9. The summed E-state index contributed by atoms with van der Waals surface area (Å²) in [6.07, 6.45) is 1.32. The number of piperidine rings is 1. The molecular formula is C20H23ClN2O3S. The SMILES string of the molecule is Cc1cc(C)cc(NC(=O)[C@H]2CCCN(S(=O)(=O)c3ccc(Cl)cc3)C2)c1. The number of sulfonamides is 1. The molecule has 0 spiro atoms. The molecule has 0 saturated carbocycles. The van der Waals surface area contributed by atoms with Gasteiger partial charge in [-0.25, -0.2) is 8.42 Å². The van der Waals surface area contributed by atoms with Gasteiger partial charge in [0.1, 0.15) is 0 Å². The lowest BCUT2D eigenvalue weighted by atomic mass is 9.98. The number of amides is 1. The Bertz CT molecular complexity index is 922. The smallest absolute Gasteiger partial charge is 0.243 e. The Hall–Kier alpha value is -1.89. The van der Waals surface area contributed by atoms with Crippen molar-refractivity contribution < 1.29 is 13.2 Å². The standard InChI is InChI=1S/C20H23ClN2O3S/c1-14-10-15(2)12-18(11-14)22-20(24)16-4-3-9-23(13-16)27(25,26)19-7-5-17(21)6-8-19/h5-8,10-12,16H,3-4,9,13H2,1-2H3,(H,22,24)/t16-/m0/s1. The van der Waals surface area contributed by atoms with Crippen molar-refractivity contribution in [3.63, 3.8) is 0 Å². The van der Waals surface area contributed by atoms with Crippen LogP contribution in [0.15, 0.2) is 47.4 Å². The van der Waals surface area contributed by atoms with Gasteiger partial charge in [0, 0.05) is 23.8 Å². The maximum absolute atomic E-state index is 12.9. The molecule has 1 heterocycles. The molecule has 0 aliphatic carbocycles. The van der Waals surface area contributed by atoms with E-state index in [-0.39, 0.29) is 23.3 Å². The molecular weight excluding hydrogens is 384 g/mol. The Morgan fingerprint density at radius 2 is 1.74 bits per heavy atom. The Balaban J connectivity index is 1.73. The van der Waals surface area contributed by atoms with Crippen molar-refractivity contribution in [1.29, 1.82) is 0 Å². The van der Waals surface area contributed by atoms with Gasteiger partial charge in [0.15, 0.2) is 0 Å². The molecule has 1 saturated heterocycles. The summed E-state index contributed by atoms with van der Waals surface area (Å²) < 4.78 is 27.1. The largest absolute Gasteiger partial charge is 0.326 e. The average Bonchev–Trinajstić information content (AvgIpc) is 2.61. The molecule has 0 aromatic heterocycles. The fourth-order valence-corrected chi connectivity index (χ4v) is 5.07. The Kier molecular flexibility index (Phi) is 5.89. The van der Waals surface area contributed by atoms with Crippen molar-refractivity contribution in [2.75, 3.05) is 18.4 Å². The van der Waals surface area contributed by atoms with Gasteiger partial charge in [0.25, 0.3) is 0 Å². The second-order valence-corrected chi connectivity index (χ2v) is 9.40. The second kappa shape index (κ2) is 8.00. The van der Waals surface area contributed by atoms with E-state index in [4.69, 9.17) is 11.6 Å². The summed E-state index contributed by atoms with van der Waals surface area (Å²) in [4.78, 5) is 12.9. The normalized spacial score (nSPS) is 18.3. The molecule has 27 heavy (non-hydrogen) atoms. The fraction of sp³-hybridized carbons (Fsp3) is 0.350. The summed E-state index contributed by atoms with van der Waals surface area (Å²) in [7, 11) is -3.64. The first-order valence-electron chi connectivity index (χ1n) is 8.90. The zero-order valence-electron chi connectivity index (χ0n) is 15.4. The molecule has 5 nitrogen and oxygen atoms in total. The zero-order chi connectivity index (χ0) is 19.6. The van der Waals surface area contributed by atoms with Crippen molar-refractivity contribution in [3.05, 3.63) is 58.6 Å². The Morgan fingerprint density at radius 3 is 2.37 bits per heavy atom. The summed E-state index contributed by atoms with van der Waals surface area (Å²) in [6, 6.07) is 12.0. The highest BCUT2D eigenvalue weighted by atomic mass is 35.5. The van der Waals surface area contributed by atoms with Gasteiger partial charge in [-0.15, -0.1) is 0 Å². The van der Waals surface area contributed by atoms with E-state index in [0.717, 1.165) is 16.8 Å². The number of anilines is 1. The van der Waals surface area contributed by atoms with E-state index in [0.29, 0.717) is 24.4 Å². The van der Waals surface area contributed by atoms with E-state index in [9.17, 15) is 13.2 Å². The van der Waals surface area contributed by atoms with Gasteiger partial charge in [0.2, 0.25) is 15.9 Å². The number of nitrogens with one attached hydrogen (secondary N) is 1. The van der Waals surface area contributed by atoms with Crippen molar-refractivity contribution in [3.8, 4) is 0 Å². The summed E-state index contributed by atoms with van der Waals surface area (Å²) in [5.41, 5.74) is 2.89. The first-order valence-corrected chi connectivity index (χ1v) is 10.7. The summed E-state index contributed by atoms with van der Waals surface area (Å²) in [5, 5.41) is 3.42. The number of aryl methyl sites for hydroxylation is 2. The molecule has 1 N–H and O–H groups in total. The number of benzene rings is 2. The number of halogens is 1. The number of hydrogen-bond acceptors (Lipinski definition) is 3. The van der Waals surface area contributed by atoms with Crippen LogP contribution in [0, 0.1) is 19.8 Å². The quantitative estimate of drug-likeness (QED) is 0.834. The van der Waals surface area contributed by atoms with E-state index in [1.807, 2.05) is 32.0 Å². The van der Waals surface area contributed by atoms with Gasteiger partial charge in [-0.05, 0) is 74.2 Å². The van der Waals surface area contributed by atoms with Crippen LogP contribution in [0.1, 0.15) is 24.0 Å². The summed E-state index contributed by atoms with van der Waals surface area (Å²) >= 11 is 5.85. The van der Waals surface area contributed by atoms with Crippen LogP contribution in [0.3, 0.4) is 0 Å². The number of carbonyl (C=O) groups excluding carboxylic acids is 1. The van der Waals surface area contributed by atoms with E-state index in [2.05, 4.69) is 5.32 Å². The van der Waals surface area contributed by atoms with Crippen LogP contribution in [0.5, 0.6) is 0 Å². The molecule has 0 bridgehead atoms. The van der Waals surface area contributed by atoms with E-state index in [1.54, 1.807) is 12.1 Å². The highest BCUT2D eigenvalue weighted by Gasteiger charge is 2.33.